The zero-order valence-corrected chi connectivity index (χ0v) is 33.0. The Kier molecular flexibility index (Phi) is 12.8. The fourth-order valence-electron chi connectivity index (χ4n) is 6.02. The van der Waals surface area contributed by atoms with Crippen LogP contribution in [-0.4, -0.2) is 56.0 Å². The SMILES string of the molecule is C[N+]([O-])([O-])c1cc(S(=O)(=O)NC(=O)c2ccc(NCCNCc3ccccc3-c3ccc(Cl)cc3)cc2S(=O)(=O)c2ccccc2)ccc1NCC1=CCOC=C1. The molecule has 4 N–H and O–H groups in total. The lowest BCUT2D eigenvalue weighted by molar-refractivity contribution is 0.0978. The van der Waals surface area contributed by atoms with Gasteiger partial charge in [-0.3, -0.25) is 4.79 Å². The smallest absolute Gasteiger partial charge is 0.266 e. The minimum atomic E-state index is -4.72. The molecule has 0 saturated carbocycles. The molecular formula is C41H39ClN5O8S2-. The number of sulfonamides is 1. The summed E-state index contributed by atoms with van der Waals surface area (Å²) in [7, 11) is -8.28. The minimum Gasteiger partial charge on any atom is -0.626 e. The van der Waals surface area contributed by atoms with E-state index in [0.717, 1.165) is 41.4 Å². The lowest BCUT2D eigenvalue weighted by atomic mass is 10.00. The quantitative estimate of drug-likeness (QED) is 0.0457. The van der Waals surface area contributed by atoms with Gasteiger partial charge < -0.3 is 35.9 Å². The Hall–Kier alpha value is -5.52. The van der Waals surface area contributed by atoms with E-state index in [0.29, 0.717) is 37.0 Å². The van der Waals surface area contributed by atoms with Crippen LogP contribution in [0.25, 0.3) is 11.1 Å². The van der Waals surface area contributed by atoms with E-state index in [1.807, 2.05) is 53.3 Å². The molecule has 1 amide bonds. The number of carbonyl (C=O) groups excluding carboxylic acids is 1. The predicted molar refractivity (Wildman–Crippen MR) is 223 cm³/mol. The standard InChI is InChI=1S/C41H39ClN5O8S2/c1-47(49,50)39-26-35(16-18-38(39)45-27-29-19-23-55-24-20-29)57(53,54)46-41(48)37-17-15-33(25-40(37)56(51,52)34-8-3-2-4-9-34)44-22-21-43-28-31-7-5-6-10-36(31)30-11-13-32(42)14-12-30/h2-20,23,25-26,43-45H,21-22,24,27-28H2,1H3,(H,46,48)/q-1. The average molecular weight is 829 g/mol. The van der Waals surface area contributed by atoms with Crippen molar-refractivity contribution in [3.63, 3.8) is 0 Å². The van der Waals surface area contributed by atoms with Crippen LogP contribution in [-0.2, 0) is 31.1 Å². The van der Waals surface area contributed by atoms with Gasteiger partial charge in [-0.25, -0.2) is 21.6 Å². The summed E-state index contributed by atoms with van der Waals surface area (Å²) in [4.78, 5) is 10.4. The van der Waals surface area contributed by atoms with Gasteiger partial charge >= 0.3 is 0 Å². The molecule has 0 fully saturated rings. The number of quaternary nitrogens is 1. The fourth-order valence-corrected chi connectivity index (χ4v) is 8.63. The van der Waals surface area contributed by atoms with Crippen molar-refractivity contribution in [1.29, 1.82) is 0 Å². The molecule has 5 aromatic rings. The molecule has 57 heavy (non-hydrogen) atoms. The van der Waals surface area contributed by atoms with Crippen LogP contribution in [0.4, 0.5) is 17.1 Å². The molecule has 1 heterocycles. The van der Waals surface area contributed by atoms with Gasteiger partial charge in [0.15, 0.2) is 5.69 Å². The molecule has 0 saturated heterocycles. The van der Waals surface area contributed by atoms with Gasteiger partial charge in [0.05, 0.1) is 39.2 Å². The van der Waals surface area contributed by atoms with Gasteiger partial charge in [-0.15, -0.1) is 0 Å². The summed E-state index contributed by atoms with van der Waals surface area (Å²) >= 11 is 6.07. The zero-order chi connectivity index (χ0) is 40.6. The van der Waals surface area contributed by atoms with Crippen LogP contribution in [0, 0.1) is 10.4 Å². The second-order valence-electron chi connectivity index (χ2n) is 13.0. The summed E-state index contributed by atoms with van der Waals surface area (Å²) in [6.45, 7) is 1.98. The topological polar surface area (TPSA) is 189 Å². The monoisotopic (exact) mass is 828 g/mol. The van der Waals surface area contributed by atoms with Gasteiger partial charge in [0, 0.05) is 43.0 Å². The van der Waals surface area contributed by atoms with Crippen molar-refractivity contribution in [2.45, 2.75) is 21.2 Å². The van der Waals surface area contributed by atoms with E-state index >= 15 is 0 Å². The van der Waals surface area contributed by atoms with Crippen LogP contribution in [0.5, 0.6) is 0 Å². The summed E-state index contributed by atoms with van der Waals surface area (Å²) in [5.74, 6) is -1.24. The molecule has 0 aromatic heterocycles. The van der Waals surface area contributed by atoms with Crippen LogP contribution < -0.4 is 25.5 Å². The van der Waals surface area contributed by atoms with E-state index in [9.17, 15) is 32.0 Å². The Morgan fingerprint density at radius 1 is 0.807 bits per heavy atom. The third-order valence-corrected chi connectivity index (χ3v) is 12.3. The molecule has 0 unspecified atom stereocenters. The first kappa shape index (κ1) is 41.1. The number of nitrogens with one attached hydrogen (secondary N) is 4. The van der Waals surface area contributed by atoms with Crippen molar-refractivity contribution in [3.8, 4) is 11.1 Å². The normalized spacial score (nSPS) is 13.0. The molecule has 5 aromatic carbocycles. The minimum absolute atomic E-state index is 0.0888. The van der Waals surface area contributed by atoms with Crippen molar-refractivity contribution in [2.75, 3.05) is 43.9 Å². The van der Waals surface area contributed by atoms with Gasteiger partial charge in [-0.2, -0.15) is 0 Å². The Morgan fingerprint density at radius 2 is 1.54 bits per heavy atom. The van der Waals surface area contributed by atoms with Crippen LogP contribution in [0.15, 0.2) is 154 Å². The van der Waals surface area contributed by atoms with E-state index in [1.165, 1.54) is 54.8 Å². The average Bonchev–Trinajstić information content (AvgIpc) is 3.20. The highest BCUT2D eigenvalue weighted by Gasteiger charge is 2.29. The summed E-state index contributed by atoms with van der Waals surface area (Å²) in [5, 5.41) is 35.4. The van der Waals surface area contributed by atoms with Crippen molar-refractivity contribution < 1.29 is 26.4 Å². The van der Waals surface area contributed by atoms with Gasteiger partial charge in [0.25, 0.3) is 15.9 Å². The molecule has 1 aliphatic rings. The highest BCUT2D eigenvalue weighted by molar-refractivity contribution is 7.91. The van der Waals surface area contributed by atoms with E-state index < -0.39 is 51.6 Å². The number of nitrogens with zero attached hydrogens (tertiary/aromatic N) is 1. The summed E-state index contributed by atoms with van der Waals surface area (Å²) in [6, 6.07) is 30.2. The fraction of sp³-hybridized carbons (Fsp3) is 0.146. The number of rotatable bonds is 16. The van der Waals surface area contributed by atoms with Gasteiger partial charge in [0.1, 0.15) is 6.61 Å². The molecule has 0 bridgehead atoms. The van der Waals surface area contributed by atoms with Gasteiger partial charge in [0.2, 0.25) is 9.84 Å². The van der Waals surface area contributed by atoms with E-state index in [1.54, 1.807) is 18.2 Å². The van der Waals surface area contributed by atoms with Crippen molar-refractivity contribution >= 4 is 54.4 Å². The second-order valence-corrected chi connectivity index (χ2v) is 17.1. The van der Waals surface area contributed by atoms with Crippen LogP contribution in [0.2, 0.25) is 5.02 Å². The molecule has 0 spiro atoms. The number of hydrogen-bond acceptors (Lipinski definition) is 11. The van der Waals surface area contributed by atoms with Gasteiger partial charge in [-0.1, -0.05) is 66.2 Å². The molecule has 1 aliphatic heterocycles. The number of hydrogen-bond donors (Lipinski definition) is 4. The number of ether oxygens (including phenoxy) is 1. The van der Waals surface area contributed by atoms with Crippen molar-refractivity contribution in [2.24, 2.45) is 0 Å². The van der Waals surface area contributed by atoms with Crippen molar-refractivity contribution in [3.05, 3.63) is 166 Å². The predicted octanol–water partition coefficient (Wildman–Crippen LogP) is 6.98. The van der Waals surface area contributed by atoms with Crippen molar-refractivity contribution in [1.82, 2.24) is 14.8 Å². The first-order valence-electron chi connectivity index (χ1n) is 17.7. The summed E-state index contributed by atoms with van der Waals surface area (Å²) in [5.41, 5.74) is 3.54. The lowest BCUT2D eigenvalue weighted by Crippen LogP contribution is -2.33. The van der Waals surface area contributed by atoms with Gasteiger partial charge in [-0.05, 0) is 89.0 Å². The molecule has 0 atom stereocenters. The number of anilines is 2. The molecule has 0 radical (unpaired) electrons. The number of halogens is 1. The van der Waals surface area contributed by atoms with Crippen LogP contribution in [0.1, 0.15) is 15.9 Å². The number of carbonyl (C=O) groups is 1. The maximum Gasteiger partial charge on any atom is 0.266 e. The first-order chi connectivity index (χ1) is 27.2. The Bertz CT molecular complexity index is 2520. The van der Waals surface area contributed by atoms with E-state index in [-0.39, 0.29) is 17.1 Å². The molecule has 296 valence electrons. The number of benzene rings is 5. The Labute approximate surface area is 336 Å². The molecular weight excluding hydrogens is 790 g/mol. The largest absolute Gasteiger partial charge is 0.626 e. The third-order valence-electron chi connectivity index (χ3n) is 8.94. The highest BCUT2D eigenvalue weighted by atomic mass is 35.5. The Morgan fingerprint density at radius 3 is 2.26 bits per heavy atom. The van der Waals surface area contributed by atoms with Crippen LogP contribution in [0.3, 0.4) is 0 Å². The number of hydroxylamine groups is 2. The zero-order valence-electron chi connectivity index (χ0n) is 30.6. The molecule has 16 heteroatoms. The first-order valence-corrected chi connectivity index (χ1v) is 21.0. The summed E-state index contributed by atoms with van der Waals surface area (Å²) < 4.78 is 62.1. The number of sulfone groups is 1. The number of amides is 1. The molecule has 0 aliphatic carbocycles. The maximum absolute atomic E-state index is 13.9. The second kappa shape index (κ2) is 17.7. The molecule has 6 rings (SSSR count). The van der Waals surface area contributed by atoms with Crippen LogP contribution >= 0.6 is 11.6 Å². The molecule has 13 nitrogen and oxygen atoms in total. The highest BCUT2D eigenvalue weighted by Crippen LogP contribution is 2.33. The lowest BCUT2D eigenvalue weighted by Gasteiger charge is -2.43. The van der Waals surface area contributed by atoms with E-state index in [4.69, 9.17) is 16.3 Å². The third kappa shape index (κ3) is 10.3. The van der Waals surface area contributed by atoms with E-state index in [2.05, 4.69) is 16.0 Å². The summed E-state index contributed by atoms with van der Waals surface area (Å²) in [6.07, 6.45) is 5.00. The maximum atomic E-state index is 13.9. The Balaban J connectivity index is 1.19.